The lowest BCUT2D eigenvalue weighted by Gasteiger charge is -2.09. The summed E-state index contributed by atoms with van der Waals surface area (Å²) in [5, 5.41) is 1.60. The van der Waals surface area contributed by atoms with E-state index in [1.54, 1.807) is 24.3 Å². The van der Waals surface area contributed by atoms with Gasteiger partial charge in [-0.1, -0.05) is 36.4 Å². The van der Waals surface area contributed by atoms with Gasteiger partial charge >= 0.3 is 5.97 Å². The van der Waals surface area contributed by atoms with E-state index in [-0.39, 0.29) is 0 Å². The molecule has 0 saturated carbocycles. The molecule has 0 aliphatic carbocycles. The highest BCUT2D eigenvalue weighted by Crippen LogP contribution is 2.19. The number of fused-ring (bicyclic) bond motifs is 1. The molecular formula is C13H11O5S-. The Bertz CT molecular complexity index is 701. The second kappa shape index (κ2) is 5.38. The highest BCUT2D eigenvalue weighted by Gasteiger charge is 2.11. The molecule has 100 valence electrons. The van der Waals surface area contributed by atoms with E-state index in [0.29, 0.717) is 5.56 Å². The summed E-state index contributed by atoms with van der Waals surface area (Å²) in [6.45, 7) is -0.437. The van der Waals surface area contributed by atoms with Gasteiger partial charge in [0.2, 0.25) is 0 Å². The van der Waals surface area contributed by atoms with Crippen molar-refractivity contribution in [1.82, 2.24) is 0 Å². The molecule has 0 spiro atoms. The van der Waals surface area contributed by atoms with Crippen LogP contribution >= 0.6 is 0 Å². The van der Waals surface area contributed by atoms with Crippen LogP contribution in [0.15, 0.2) is 42.5 Å². The van der Waals surface area contributed by atoms with E-state index in [4.69, 9.17) is 4.74 Å². The first kappa shape index (κ1) is 13.5. The number of carbonyl (C=O) groups excluding carboxylic acids is 1. The molecule has 0 amide bonds. The molecule has 0 radical (unpaired) electrons. The van der Waals surface area contributed by atoms with Crippen molar-refractivity contribution in [3.63, 3.8) is 0 Å². The quantitative estimate of drug-likeness (QED) is 0.626. The standard InChI is InChI=1S/C13H12O5S/c14-13(18-8-9-19(15,16)17)12-7-3-5-10-4-1-2-6-11(10)12/h1-7H,8-9H2,(H,15,16,17)/p-1. The van der Waals surface area contributed by atoms with Crippen LogP contribution < -0.4 is 0 Å². The first-order valence-electron chi connectivity index (χ1n) is 5.56. The summed E-state index contributed by atoms with van der Waals surface area (Å²) in [5.41, 5.74) is 0.349. The monoisotopic (exact) mass is 279 g/mol. The summed E-state index contributed by atoms with van der Waals surface area (Å²) >= 11 is 0. The molecule has 0 unspecified atom stereocenters. The van der Waals surface area contributed by atoms with Gasteiger partial charge in [0.25, 0.3) is 0 Å². The summed E-state index contributed by atoms with van der Waals surface area (Å²) in [6, 6.07) is 12.4. The maximum Gasteiger partial charge on any atom is 0.338 e. The van der Waals surface area contributed by atoms with E-state index < -0.39 is 28.4 Å². The van der Waals surface area contributed by atoms with Crippen molar-refractivity contribution in [2.24, 2.45) is 0 Å². The Hall–Kier alpha value is -1.92. The maximum absolute atomic E-state index is 11.8. The van der Waals surface area contributed by atoms with Gasteiger partial charge in [-0.05, 0) is 16.8 Å². The van der Waals surface area contributed by atoms with Crippen molar-refractivity contribution in [3.8, 4) is 0 Å². The zero-order valence-corrected chi connectivity index (χ0v) is 10.7. The van der Waals surface area contributed by atoms with Crippen LogP contribution in [0.5, 0.6) is 0 Å². The number of carbonyl (C=O) groups is 1. The molecular weight excluding hydrogens is 268 g/mol. The molecule has 0 atom stereocenters. The summed E-state index contributed by atoms with van der Waals surface area (Å²) in [4.78, 5) is 11.8. The van der Waals surface area contributed by atoms with Gasteiger partial charge in [-0.3, -0.25) is 0 Å². The predicted octanol–water partition coefficient (Wildman–Crippen LogP) is 1.54. The summed E-state index contributed by atoms with van der Waals surface area (Å²) in [5.74, 6) is -1.36. The minimum Gasteiger partial charge on any atom is -0.748 e. The molecule has 2 aromatic rings. The Labute approximate surface area is 110 Å². The van der Waals surface area contributed by atoms with Gasteiger partial charge in [-0.15, -0.1) is 0 Å². The van der Waals surface area contributed by atoms with Gasteiger partial charge in [0.15, 0.2) is 0 Å². The molecule has 6 heteroatoms. The van der Waals surface area contributed by atoms with Crippen molar-refractivity contribution < 1.29 is 22.5 Å². The number of ether oxygens (including phenoxy) is 1. The van der Waals surface area contributed by atoms with E-state index >= 15 is 0 Å². The van der Waals surface area contributed by atoms with Gasteiger partial charge in [0, 0.05) is 0 Å². The summed E-state index contributed by atoms with van der Waals surface area (Å²) in [6.07, 6.45) is 0. The molecule has 0 saturated heterocycles. The lowest BCUT2D eigenvalue weighted by molar-refractivity contribution is 0.0530. The van der Waals surface area contributed by atoms with Crippen molar-refractivity contribution in [3.05, 3.63) is 48.0 Å². The van der Waals surface area contributed by atoms with Crippen LogP contribution in [0, 0.1) is 0 Å². The Balaban J connectivity index is 2.18. The number of hydrogen-bond acceptors (Lipinski definition) is 5. The first-order valence-corrected chi connectivity index (χ1v) is 7.13. The second-order valence-electron chi connectivity index (χ2n) is 3.92. The Morgan fingerprint density at radius 2 is 1.79 bits per heavy atom. The molecule has 19 heavy (non-hydrogen) atoms. The SMILES string of the molecule is O=C(OCCS(=O)(=O)[O-])c1cccc2ccccc12. The van der Waals surface area contributed by atoms with Gasteiger partial charge in [0.1, 0.15) is 6.61 Å². The van der Waals surface area contributed by atoms with Crippen LogP contribution in [-0.4, -0.2) is 31.3 Å². The third-order valence-electron chi connectivity index (χ3n) is 2.58. The minimum atomic E-state index is -4.37. The van der Waals surface area contributed by atoms with Crippen LogP contribution in [0.1, 0.15) is 10.4 Å². The molecule has 0 heterocycles. The predicted molar refractivity (Wildman–Crippen MR) is 68.8 cm³/mol. The van der Waals surface area contributed by atoms with Gasteiger partial charge in [0.05, 0.1) is 21.4 Å². The van der Waals surface area contributed by atoms with Gasteiger partial charge < -0.3 is 9.29 Å². The van der Waals surface area contributed by atoms with E-state index in [2.05, 4.69) is 0 Å². The van der Waals surface area contributed by atoms with Gasteiger partial charge in [-0.25, -0.2) is 13.2 Å². The maximum atomic E-state index is 11.8. The van der Waals surface area contributed by atoms with Crippen molar-refractivity contribution in [1.29, 1.82) is 0 Å². The smallest absolute Gasteiger partial charge is 0.338 e. The van der Waals surface area contributed by atoms with Crippen molar-refractivity contribution in [2.75, 3.05) is 12.4 Å². The van der Waals surface area contributed by atoms with Crippen LogP contribution in [-0.2, 0) is 14.9 Å². The summed E-state index contributed by atoms with van der Waals surface area (Å²) in [7, 11) is -4.37. The fourth-order valence-electron chi connectivity index (χ4n) is 1.72. The van der Waals surface area contributed by atoms with Crippen LogP contribution in [0.4, 0.5) is 0 Å². The molecule has 0 N–H and O–H groups in total. The zero-order chi connectivity index (χ0) is 13.9. The van der Waals surface area contributed by atoms with Crippen LogP contribution in [0.3, 0.4) is 0 Å². The van der Waals surface area contributed by atoms with E-state index in [9.17, 15) is 17.8 Å². The second-order valence-corrected chi connectivity index (χ2v) is 5.45. The Morgan fingerprint density at radius 3 is 2.53 bits per heavy atom. The first-order chi connectivity index (χ1) is 8.97. The molecule has 0 aliphatic heterocycles. The highest BCUT2D eigenvalue weighted by atomic mass is 32.2. The largest absolute Gasteiger partial charge is 0.748 e. The number of hydrogen-bond donors (Lipinski definition) is 0. The topological polar surface area (TPSA) is 83.5 Å². The number of rotatable bonds is 4. The molecule has 2 rings (SSSR count). The van der Waals surface area contributed by atoms with Crippen LogP contribution in [0.25, 0.3) is 10.8 Å². The van der Waals surface area contributed by atoms with Crippen molar-refractivity contribution in [2.45, 2.75) is 0 Å². The molecule has 0 aromatic heterocycles. The fourth-order valence-corrected chi connectivity index (χ4v) is 2.01. The minimum absolute atomic E-state index is 0.349. The molecule has 5 nitrogen and oxygen atoms in total. The Morgan fingerprint density at radius 1 is 1.11 bits per heavy atom. The molecule has 0 bridgehead atoms. The van der Waals surface area contributed by atoms with E-state index in [0.717, 1.165) is 10.8 Å². The Kier molecular flexibility index (Phi) is 3.82. The third-order valence-corrected chi connectivity index (χ3v) is 3.24. The molecule has 0 aliphatic rings. The average molecular weight is 279 g/mol. The van der Waals surface area contributed by atoms with Crippen molar-refractivity contribution >= 4 is 26.9 Å². The highest BCUT2D eigenvalue weighted by molar-refractivity contribution is 7.85. The summed E-state index contributed by atoms with van der Waals surface area (Å²) < 4.78 is 36.0. The van der Waals surface area contributed by atoms with Crippen LogP contribution in [0.2, 0.25) is 0 Å². The molecule has 2 aromatic carbocycles. The van der Waals surface area contributed by atoms with E-state index in [1.165, 1.54) is 0 Å². The fraction of sp³-hybridized carbons (Fsp3) is 0.154. The normalized spacial score (nSPS) is 11.4. The lowest BCUT2D eigenvalue weighted by Crippen LogP contribution is -2.15. The van der Waals surface area contributed by atoms with E-state index in [1.807, 2.05) is 18.2 Å². The number of esters is 1. The average Bonchev–Trinajstić information content (AvgIpc) is 2.36. The number of benzene rings is 2. The molecule has 0 fully saturated rings. The third kappa shape index (κ3) is 3.52. The zero-order valence-electron chi connectivity index (χ0n) is 9.91. The van der Waals surface area contributed by atoms with Gasteiger partial charge in [-0.2, -0.15) is 0 Å². The lowest BCUT2D eigenvalue weighted by atomic mass is 10.1.